The summed E-state index contributed by atoms with van der Waals surface area (Å²) >= 11 is 0. The van der Waals surface area contributed by atoms with Crippen molar-refractivity contribution in [2.75, 3.05) is 6.54 Å². The van der Waals surface area contributed by atoms with Gasteiger partial charge in [-0.3, -0.25) is 5.32 Å². The molecule has 2 rings (SSSR count). The number of tetrazole rings is 1. The van der Waals surface area contributed by atoms with E-state index in [0.29, 0.717) is 0 Å². The highest BCUT2D eigenvalue weighted by molar-refractivity contribution is 4.86. The number of aromatic nitrogens is 4. The fourth-order valence-electron chi connectivity index (χ4n) is 0.966. The van der Waals surface area contributed by atoms with Crippen LogP contribution in [-0.4, -0.2) is 31.9 Å². The van der Waals surface area contributed by atoms with E-state index in [1.165, 1.54) is 4.68 Å². The van der Waals surface area contributed by atoms with Crippen molar-refractivity contribution >= 4 is 0 Å². The molecule has 1 atom stereocenters. The molecule has 0 radical (unpaired) electrons. The van der Waals surface area contributed by atoms with E-state index in [9.17, 15) is 0 Å². The molecule has 0 aliphatic carbocycles. The topological polar surface area (TPSA) is 75.9 Å². The van der Waals surface area contributed by atoms with E-state index in [1.54, 1.807) is 0 Å². The van der Waals surface area contributed by atoms with E-state index < -0.39 is 6.35 Å². The SMILES string of the molecule is OC1NCCc2nnnn21. The fourth-order valence-corrected chi connectivity index (χ4v) is 0.966. The van der Waals surface area contributed by atoms with Crippen molar-refractivity contribution in [1.29, 1.82) is 0 Å². The maximum Gasteiger partial charge on any atom is 0.207 e. The predicted molar refractivity (Wildman–Crippen MR) is 30.8 cm³/mol. The minimum absolute atomic E-state index is 0.724. The van der Waals surface area contributed by atoms with E-state index in [4.69, 9.17) is 5.11 Å². The second-order valence-corrected chi connectivity index (χ2v) is 2.12. The third kappa shape index (κ3) is 0.695. The first kappa shape index (κ1) is 5.75. The first-order valence-corrected chi connectivity index (χ1v) is 3.06. The van der Waals surface area contributed by atoms with Crippen LogP contribution in [0.4, 0.5) is 0 Å². The van der Waals surface area contributed by atoms with Crippen molar-refractivity contribution in [2.45, 2.75) is 12.8 Å². The lowest BCUT2D eigenvalue weighted by Gasteiger charge is -2.17. The van der Waals surface area contributed by atoms with Crippen LogP contribution in [0.3, 0.4) is 0 Å². The van der Waals surface area contributed by atoms with Gasteiger partial charge < -0.3 is 5.11 Å². The largest absolute Gasteiger partial charge is 0.359 e. The molecule has 6 heteroatoms. The summed E-state index contributed by atoms with van der Waals surface area (Å²) in [6.45, 7) is 0.724. The molecule has 0 amide bonds. The van der Waals surface area contributed by atoms with E-state index in [1.807, 2.05) is 0 Å². The third-order valence-electron chi connectivity index (χ3n) is 1.47. The van der Waals surface area contributed by atoms with Crippen LogP contribution in [0.1, 0.15) is 12.2 Å². The van der Waals surface area contributed by atoms with Gasteiger partial charge in [-0.2, -0.15) is 4.68 Å². The Labute approximate surface area is 56.8 Å². The van der Waals surface area contributed by atoms with Gasteiger partial charge in [0.15, 0.2) is 5.82 Å². The predicted octanol–water partition coefficient (Wildman–Crippen LogP) is -1.73. The molecule has 0 fully saturated rings. The molecule has 54 valence electrons. The van der Waals surface area contributed by atoms with Crippen molar-refractivity contribution in [3.63, 3.8) is 0 Å². The Bertz CT molecular complexity index is 233. The zero-order valence-corrected chi connectivity index (χ0v) is 5.23. The second-order valence-electron chi connectivity index (χ2n) is 2.12. The molecule has 0 bridgehead atoms. The Morgan fingerprint density at radius 1 is 1.70 bits per heavy atom. The maximum absolute atomic E-state index is 9.16. The van der Waals surface area contributed by atoms with Crippen molar-refractivity contribution in [3.8, 4) is 0 Å². The van der Waals surface area contributed by atoms with Gasteiger partial charge in [0.1, 0.15) is 0 Å². The summed E-state index contributed by atoms with van der Waals surface area (Å²) in [5.74, 6) is 0.728. The highest BCUT2D eigenvalue weighted by Gasteiger charge is 2.17. The second kappa shape index (κ2) is 1.99. The zero-order chi connectivity index (χ0) is 6.97. The number of nitrogens with zero attached hydrogens (tertiary/aromatic N) is 4. The Balaban J connectivity index is 2.41. The van der Waals surface area contributed by atoms with Crippen LogP contribution < -0.4 is 5.32 Å². The van der Waals surface area contributed by atoms with Gasteiger partial charge in [-0.05, 0) is 10.4 Å². The van der Waals surface area contributed by atoms with Crippen LogP contribution in [0.25, 0.3) is 0 Å². The summed E-state index contributed by atoms with van der Waals surface area (Å²) < 4.78 is 1.36. The number of fused-ring (bicyclic) bond motifs is 1. The summed E-state index contributed by atoms with van der Waals surface area (Å²) in [5.41, 5.74) is 0. The molecule has 1 aliphatic rings. The summed E-state index contributed by atoms with van der Waals surface area (Å²) in [7, 11) is 0. The summed E-state index contributed by atoms with van der Waals surface area (Å²) in [6.07, 6.45) is 0.0168. The first-order chi connectivity index (χ1) is 4.88. The standard InChI is InChI=1S/C4H7N5O/c10-4-5-2-1-3-6-7-8-9(3)4/h4-5,10H,1-2H2. The molecule has 1 aromatic heterocycles. The van der Waals surface area contributed by atoms with Crippen LogP contribution in [0.5, 0.6) is 0 Å². The van der Waals surface area contributed by atoms with Crippen LogP contribution in [0.2, 0.25) is 0 Å². The van der Waals surface area contributed by atoms with Crippen LogP contribution in [-0.2, 0) is 6.42 Å². The average Bonchev–Trinajstić information content (AvgIpc) is 2.36. The minimum atomic E-state index is -0.751. The highest BCUT2D eigenvalue weighted by Crippen LogP contribution is 2.04. The minimum Gasteiger partial charge on any atom is -0.359 e. The van der Waals surface area contributed by atoms with E-state index >= 15 is 0 Å². The van der Waals surface area contributed by atoms with Gasteiger partial charge in [-0.25, -0.2) is 0 Å². The van der Waals surface area contributed by atoms with Gasteiger partial charge in [0.2, 0.25) is 6.35 Å². The normalized spacial score (nSPS) is 24.3. The number of nitrogens with one attached hydrogen (secondary N) is 1. The smallest absolute Gasteiger partial charge is 0.207 e. The van der Waals surface area contributed by atoms with Crippen LogP contribution >= 0.6 is 0 Å². The highest BCUT2D eigenvalue weighted by atomic mass is 16.3. The van der Waals surface area contributed by atoms with Gasteiger partial charge >= 0.3 is 0 Å². The van der Waals surface area contributed by atoms with Gasteiger partial charge in [0, 0.05) is 13.0 Å². The molecule has 0 saturated heterocycles. The van der Waals surface area contributed by atoms with Gasteiger partial charge in [0.25, 0.3) is 0 Å². The lowest BCUT2D eigenvalue weighted by Crippen LogP contribution is -2.35. The van der Waals surface area contributed by atoms with Gasteiger partial charge in [0.05, 0.1) is 0 Å². The van der Waals surface area contributed by atoms with Gasteiger partial charge in [-0.15, -0.1) is 5.10 Å². The Kier molecular flexibility index (Phi) is 1.15. The Hall–Kier alpha value is -1.01. The number of aliphatic hydroxyl groups excluding tert-OH is 1. The number of aliphatic hydroxyl groups is 1. The molecule has 10 heavy (non-hydrogen) atoms. The molecule has 1 unspecified atom stereocenters. The average molecular weight is 141 g/mol. The molecule has 1 aromatic rings. The lowest BCUT2D eigenvalue weighted by molar-refractivity contribution is 0.0407. The van der Waals surface area contributed by atoms with E-state index in [0.717, 1.165) is 18.8 Å². The Morgan fingerprint density at radius 3 is 3.40 bits per heavy atom. The quantitative estimate of drug-likeness (QED) is 0.449. The maximum atomic E-state index is 9.16. The first-order valence-electron chi connectivity index (χ1n) is 3.06. The summed E-state index contributed by atoms with van der Waals surface area (Å²) in [6, 6.07) is 0. The molecule has 0 aromatic carbocycles. The molecule has 1 aliphatic heterocycles. The molecular weight excluding hydrogens is 134 g/mol. The van der Waals surface area contributed by atoms with Gasteiger partial charge in [-0.1, -0.05) is 0 Å². The summed E-state index contributed by atoms with van der Waals surface area (Å²) in [4.78, 5) is 0. The number of hydrogen-bond acceptors (Lipinski definition) is 5. The zero-order valence-electron chi connectivity index (χ0n) is 5.23. The molecular formula is C4H7N5O. The number of hydrogen-bond donors (Lipinski definition) is 2. The molecule has 2 heterocycles. The monoisotopic (exact) mass is 141 g/mol. The number of rotatable bonds is 0. The van der Waals surface area contributed by atoms with Crippen molar-refractivity contribution in [1.82, 2.24) is 25.5 Å². The third-order valence-corrected chi connectivity index (χ3v) is 1.47. The Morgan fingerprint density at radius 2 is 2.60 bits per heavy atom. The van der Waals surface area contributed by atoms with Crippen molar-refractivity contribution < 1.29 is 5.11 Å². The lowest BCUT2D eigenvalue weighted by atomic mass is 10.3. The van der Waals surface area contributed by atoms with E-state index in [2.05, 4.69) is 20.8 Å². The van der Waals surface area contributed by atoms with E-state index in [-0.39, 0.29) is 0 Å². The molecule has 0 spiro atoms. The van der Waals surface area contributed by atoms with Crippen LogP contribution in [0.15, 0.2) is 0 Å². The molecule has 2 N–H and O–H groups in total. The molecule has 0 saturated carbocycles. The summed E-state index contributed by atoms with van der Waals surface area (Å²) in [5, 5.41) is 22.7. The molecule has 6 nitrogen and oxygen atoms in total. The van der Waals surface area contributed by atoms with Crippen molar-refractivity contribution in [2.24, 2.45) is 0 Å². The van der Waals surface area contributed by atoms with Crippen LogP contribution in [0, 0.1) is 0 Å². The fraction of sp³-hybridized carbons (Fsp3) is 0.750. The van der Waals surface area contributed by atoms with Crippen molar-refractivity contribution in [3.05, 3.63) is 5.82 Å².